The highest BCUT2D eigenvalue weighted by molar-refractivity contribution is 4.71. The summed E-state index contributed by atoms with van der Waals surface area (Å²) in [5, 5.41) is 0. The second kappa shape index (κ2) is 6.85. The molecule has 0 spiro atoms. The zero-order valence-corrected chi connectivity index (χ0v) is 11.8. The first kappa shape index (κ1) is 14.3. The molecule has 0 aromatic carbocycles. The summed E-state index contributed by atoms with van der Waals surface area (Å²) >= 11 is 0. The van der Waals surface area contributed by atoms with Crippen molar-refractivity contribution >= 4 is 0 Å². The summed E-state index contributed by atoms with van der Waals surface area (Å²) in [6.45, 7) is 5.84. The van der Waals surface area contributed by atoms with E-state index in [1.165, 1.54) is 0 Å². The zero-order chi connectivity index (χ0) is 13.0. The lowest BCUT2D eigenvalue weighted by molar-refractivity contribution is -0.239. The van der Waals surface area contributed by atoms with Gasteiger partial charge in [0.1, 0.15) is 0 Å². The van der Waals surface area contributed by atoms with Gasteiger partial charge in [-0.25, -0.2) is 0 Å². The molecular formula is C14H26O4. The van der Waals surface area contributed by atoms with E-state index in [9.17, 15) is 0 Å². The van der Waals surface area contributed by atoms with E-state index in [-0.39, 0.29) is 18.7 Å². The van der Waals surface area contributed by atoms with Crippen molar-refractivity contribution in [2.75, 3.05) is 20.3 Å². The fraction of sp³-hybridized carbons (Fsp3) is 1.00. The quantitative estimate of drug-likeness (QED) is 0.776. The molecule has 0 aromatic heterocycles. The van der Waals surface area contributed by atoms with Crippen molar-refractivity contribution in [2.24, 2.45) is 11.8 Å². The number of methoxy groups -OCH3 is 1. The molecule has 5 unspecified atom stereocenters. The Hall–Kier alpha value is -0.160. The fourth-order valence-electron chi connectivity index (χ4n) is 2.63. The van der Waals surface area contributed by atoms with Gasteiger partial charge in [0, 0.05) is 26.1 Å². The van der Waals surface area contributed by atoms with Crippen molar-refractivity contribution < 1.29 is 18.9 Å². The predicted octanol–water partition coefficient (Wildman–Crippen LogP) is 2.56. The molecule has 4 nitrogen and oxygen atoms in total. The maximum Gasteiger partial charge on any atom is 0.160 e. The molecule has 2 aliphatic heterocycles. The van der Waals surface area contributed by atoms with E-state index in [1.807, 2.05) is 0 Å². The lowest BCUT2D eigenvalue weighted by atomic mass is 9.99. The van der Waals surface area contributed by atoms with Crippen LogP contribution in [-0.2, 0) is 18.9 Å². The van der Waals surface area contributed by atoms with Gasteiger partial charge in [-0.3, -0.25) is 0 Å². The van der Waals surface area contributed by atoms with Gasteiger partial charge in [-0.1, -0.05) is 13.8 Å². The summed E-state index contributed by atoms with van der Waals surface area (Å²) in [7, 11) is 1.70. The number of ether oxygens (including phenoxy) is 4. The van der Waals surface area contributed by atoms with Gasteiger partial charge in [0.25, 0.3) is 0 Å². The molecule has 0 aliphatic carbocycles. The second-order valence-corrected chi connectivity index (χ2v) is 5.68. The van der Waals surface area contributed by atoms with Crippen LogP contribution in [0.4, 0.5) is 0 Å². The van der Waals surface area contributed by atoms with Crippen molar-refractivity contribution in [1.82, 2.24) is 0 Å². The first-order chi connectivity index (χ1) is 8.69. The average Bonchev–Trinajstić information content (AvgIpc) is 2.38. The van der Waals surface area contributed by atoms with Gasteiger partial charge in [0.2, 0.25) is 0 Å². The first-order valence-corrected chi connectivity index (χ1v) is 7.10. The Morgan fingerprint density at radius 3 is 2.72 bits per heavy atom. The van der Waals surface area contributed by atoms with Crippen molar-refractivity contribution in [3.63, 3.8) is 0 Å². The largest absolute Gasteiger partial charge is 0.356 e. The topological polar surface area (TPSA) is 36.9 Å². The van der Waals surface area contributed by atoms with Crippen molar-refractivity contribution in [1.29, 1.82) is 0 Å². The number of rotatable bonds is 4. The predicted molar refractivity (Wildman–Crippen MR) is 68.2 cm³/mol. The van der Waals surface area contributed by atoms with Gasteiger partial charge in [-0.05, 0) is 25.2 Å². The Balaban J connectivity index is 1.70. The Kier molecular flexibility index (Phi) is 5.42. The number of hydrogen-bond donors (Lipinski definition) is 0. The maximum absolute atomic E-state index is 5.86. The standard InChI is InChI=1S/C14H26O4/c1-10-6-7-16-13(8-10)17-9-12-5-4-11(2)14(15-3)18-12/h10-14H,4-9H2,1-3H3. The van der Waals surface area contributed by atoms with Crippen LogP contribution in [0.25, 0.3) is 0 Å². The monoisotopic (exact) mass is 258 g/mol. The third kappa shape index (κ3) is 3.92. The number of hydrogen-bond acceptors (Lipinski definition) is 4. The summed E-state index contributed by atoms with van der Waals surface area (Å²) in [5.74, 6) is 1.17. The molecule has 0 radical (unpaired) electrons. The molecule has 2 fully saturated rings. The van der Waals surface area contributed by atoms with Crippen LogP contribution in [0.15, 0.2) is 0 Å². The third-order valence-corrected chi connectivity index (χ3v) is 3.94. The Morgan fingerprint density at radius 1 is 1.17 bits per heavy atom. The van der Waals surface area contributed by atoms with Gasteiger partial charge in [-0.15, -0.1) is 0 Å². The Bertz CT molecular complexity index is 246. The molecule has 18 heavy (non-hydrogen) atoms. The van der Waals surface area contributed by atoms with Crippen LogP contribution in [-0.4, -0.2) is 39.0 Å². The van der Waals surface area contributed by atoms with Crippen LogP contribution in [0.3, 0.4) is 0 Å². The molecule has 0 aromatic rings. The van der Waals surface area contributed by atoms with Crippen LogP contribution in [0.5, 0.6) is 0 Å². The fourth-order valence-corrected chi connectivity index (χ4v) is 2.63. The molecule has 0 saturated carbocycles. The minimum Gasteiger partial charge on any atom is -0.356 e. The zero-order valence-electron chi connectivity index (χ0n) is 11.8. The van der Waals surface area contributed by atoms with E-state index in [2.05, 4.69) is 13.8 Å². The Morgan fingerprint density at radius 2 is 2.00 bits per heavy atom. The lowest BCUT2D eigenvalue weighted by Gasteiger charge is -2.35. The van der Waals surface area contributed by atoms with Crippen LogP contribution >= 0.6 is 0 Å². The summed E-state index contributed by atoms with van der Waals surface area (Å²) in [4.78, 5) is 0. The molecule has 2 heterocycles. The van der Waals surface area contributed by atoms with E-state index in [0.29, 0.717) is 18.4 Å². The highest BCUT2D eigenvalue weighted by Crippen LogP contribution is 2.26. The molecule has 2 aliphatic rings. The van der Waals surface area contributed by atoms with E-state index in [4.69, 9.17) is 18.9 Å². The summed E-state index contributed by atoms with van der Waals surface area (Å²) in [5.41, 5.74) is 0. The van der Waals surface area contributed by atoms with Crippen molar-refractivity contribution in [3.05, 3.63) is 0 Å². The molecule has 2 saturated heterocycles. The minimum atomic E-state index is -0.0847. The normalized spacial score (nSPS) is 41.8. The molecule has 106 valence electrons. The molecule has 0 bridgehead atoms. The highest BCUT2D eigenvalue weighted by Gasteiger charge is 2.29. The first-order valence-electron chi connectivity index (χ1n) is 7.10. The van der Waals surface area contributed by atoms with Gasteiger partial charge < -0.3 is 18.9 Å². The lowest BCUT2D eigenvalue weighted by Crippen LogP contribution is -2.39. The van der Waals surface area contributed by atoms with E-state index < -0.39 is 0 Å². The van der Waals surface area contributed by atoms with Crippen LogP contribution in [0.1, 0.15) is 39.5 Å². The molecule has 4 heteroatoms. The van der Waals surface area contributed by atoms with E-state index >= 15 is 0 Å². The van der Waals surface area contributed by atoms with E-state index in [0.717, 1.165) is 32.3 Å². The maximum atomic E-state index is 5.86. The molecule has 0 amide bonds. The SMILES string of the molecule is COC1OC(COC2CC(C)CCO2)CCC1C. The van der Waals surface area contributed by atoms with Crippen LogP contribution in [0, 0.1) is 11.8 Å². The molecule has 0 N–H and O–H groups in total. The molecule has 2 rings (SSSR count). The van der Waals surface area contributed by atoms with Crippen molar-refractivity contribution in [2.45, 2.75) is 58.2 Å². The summed E-state index contributed by atoms with van der Waals surface area (Å²) in [6.07, 6.45) is 4.33. The summed E-state index contributed by atoms with van der Waals surface area (Å²) in [6, 6.07) is 0. The van der Waals surface area contributed by atoms with Gasteiger partial charge in [0.05, 0.1) is 12.7 Å². The van der Waals surface area contributed by atoms with E-state index in [1.54, 1.807) is 7.11 Å². The van der Waals surface area contributed by atoms with Crippen LogP contribution < -0.4 is 0 Å². The summed E-state index contributed by atoms with van der Waals surface area (Å²) < 4.78 is 22.6. The average molecular weight is 258 g/mol. The van der Waals surface area contributed by atoms with Crippen molar-refractivity contribution in [3.8, 4) is 0 Å². The molecular weight excluding hydrogens is 232 g/mol. The second-order valence-electron chi connectivity index (χ2n) is 5.68. The van der Waals surface area contributed by atoms with Gasteiger partial charge in [-0.2, -0.15) is 0 Å². The smallest absolute Gasteiger partial charge is 0.160 e. The Labute approximate surface area is 110 Å². The van der Waals surface area contributed by atoms with Crippen LogP contribution in [0.2, 0.25) is 0 Å². The highest BCUT2D eigenvalue weighted by atomic mass is 16.7. The minimum absolute atomic E-state index is 0.0438. The third-order valence-electron chi connectivity index (χ3n) is 3.94. The van der Waals surface area contributed by atoms with Gasteiger partial charge >= 0.3 is 0 Å². The van der Waals surface area contributed by atoms with Gasteiger partial charge in [0.15, 0.2) is 12.6 Å². The molecule has 5 atom stereocenters.